The van der Waals surface area contributed by atoms with E-state index in [-0.39, 0.29) is 19.0 Å². The van der Waals surface area contributed by atoms with Gasteiger partial charge in [0.1, 0.15) is 19.0 Å². The van der Waals surface area contributed by atoms with Crippen LogP contribution in [0, 0.1) is 6.92 Å². The van der Waals surface area contributed by atoms with Crippen LogP contribution in [0.15, 0.2) is 84.9 Å². The van der Waals surface area contributed by atoms with Crippen LogP contribution in [0.5, 0.6) is 5.75 Å². The Morgan fingerprint density at radius 2 is 1.35 bits per heavy atom. The second-order valence-electron chi connectivity index (χ2n) is 7.89. The van der Waals surface area contributed by atoms with E-state index < -0.39 is 17.8 Å². The van der Waals surface area contributed by atoms with Crippen molar-refractivity contribution >= 4 is 22.8 Å². The lowest BCUT2D eigenvalue weighted by molar-refractivity contribution is -0.201. The minimum absolute atomic E-state index is 0.00563. The molecule has 1 aromatic heterocycles. The molecule has 1 heterocycles. The zero-order valence-corrected chi connectivity index (χ0v) is 18.9. The fourth-order valence-electron chi connectivity index (χ4n) is 3.49. The molecule has 0 bridgehead atoms. The number of aromatic nitrogens is 1. The summed E-state index contributed by atoms with van der Waals surface area (Å²) in [4.78, 5) is 25.6. The van der Waals surface area contributed by atoms with Crippen molar-refractivity contribution in [3.05, 3.63) is 102 Å². The third-order valence-corrected chi connectivity index (χ3v) is 5.46. The largest absolute Gasteiger partial charge is 0.455 e. The van der Waals surface area contributed by atoms with Crippen LogP contribution in [0.25, 0.3) is 10.9 Å². The van der Waals surface area contributed by atoms with Crippen LogP contribution in [0.3, 0.4) is 0 Å². The Morgan fingerprint density at radius 3 is 1.88 bits per heavy atom. The van der Waals surface area contributed by atoms with Crippen LogP contribution in [0.4, 0.5) is 4.39 Å². The summed E-state index contributed by atoms with van der Waals surface area (Å²) in [5.41, 5.74) is 3.16. The molecule has 4 rings (SSSR count). The molecular formula is C27H24FNO5. The van der Waals surface area contributed by atoms with Gasteiger partial charge in [0.25, 0.3) is 0 Å². The summed E-state index contributed by atoms with van der Waals surface area (Å²) in [5.74, 6) is -6.47. The number of halogens is 1. The first-order valence-corrected chi connectivity index (χ1v) is 10.7. The highest BCUT2D eigenvalue weighted by molar-refractivity contribution is 6.02. The molecule has 34 heavy (non-hydrogen) atoms. The number of esters is 2. The van der Waals surface area contributed by atoms with E-state index in [4.69, 9.17) is 14.2 Å². The lowest BCUT2D eigenvalue weighted by atomic mass is 10.2. The molecule has 7 heteroatoms. The molecule has 6 nitrogen and oxygen atoms in total. The lowest BCUT2D eigenvalue weighted by Crippen LogP contribution is -2.49. The summed E-state index contributed by atoms with van der Waals surface area (Å²) in [6, 6.07) is 24.2. The molecule has 0 spiro atoms. The molecule has 0 saturated heterocycles. The summed E-state index contributed by atoms with van der Waals surface area (Å²) < 4.78 is 33.5. The number of rotatable bonds is 8. The van der Waals surface area contributed by atoms with Gasteiger partial charge in [-0.05, 0) is 42.3 Å². The third kappa shape index (κ3) is 4.93. The zero-order chi connectivity index (χ0) is 24.1. The Balaban J connectivity index is 1.57. The van der Waals surface area contributed by atoms with Crippen molar-refractivity contribution in [2.24, 2.45) is 7.05 Å². The van der Waals surface area contributed by atoms with Crippen LogP contribution in [0.1, 0.15) is 16.8 Å². The van der Waals surface area contributed by atoms with Crippen molar-refractivity contribution in [2.75, 3.05) is 0 Å². The number of ether oxygens (including phenoxy) is 3. The number of benzene rings is 3. The maximum atomic E-state index is 16.0. The second kappa shape index (κ2) is 9.79. The SMILES string of the molecule is Cc1cc2cc(OC(F)(C(=O)OCc3ccccc3)C(=O)OCc3ccccc3)ccc2n1C. The molecule has 4 aromatic rings. The van der Waals surface area contributed by atoms with E-state index in [1.807, 2.05) is 24.6 Å². The highest BCUT2D eigenvalue weighted by atomic mass is 19.2. The predicted octanol–water partition coefficient (Wildman–Crippen LogP) is 5.02. The molecule has 0 atom stereocenters. The Morgan fingerprint density at radius 1 is 0.824 bits per heavy atom. The lowest BCUT2D eigenvalue weighted by Gasteiger charge is -2.23. The van der Waals surface area contributed by atoms with Crippen LogP contribution in [0.2, 0.25) is 0 Å². The van der Waals surface area contributed by atoms with Gasteiger partial charge in [0.15, 0.2) is 0 Å². The van der Waals surface area contributed by atoms with Gasteiger partial charge in [0, 0.05) is 23.6 Å². The van der Waals surface area contributed by atoms with Gasteiger partial charge in [-0.2, -0.15) is 4.39 Å². The molecule has 0 unspecified atom stereocenters. The fraction of sp³-hybridized carbons (Fsp3) is 0.185. The Kier molecular flexibility index (Phi) is 6.63. The first-order valence-electron chi connectivity index (χ1n) is 10.7. The summed E-state index contributed by atoms with van der Waals surface area (Å²) in [7, 11) is 1.90. The average molecular weight is 461 g/mol. The molecule has 0 N–H and O–H groups in total. The molecule has 0 saturated carbocycles. The Labute approximate surface area is 196 Å². The van der Waals surface area contributed by atoms with Crippen LogP contribution in [-0.2, 0) is 39.3 Å². The number of nitrogens with zero attached hydrogens (tertiary/aromatic N) is 1. The predicted molar refractivity (Wildman–Crippen MR) is 125 cm³/mol. The topological polar surface area (TPSA) is 66.8 Å². The quantitative estimate of drug-likeness (QED) is 0.272. The van der Waals surface area contributed by atoms with E-state index in [0.717, 1.165) is 16.6 Å². The highest BCUT2D eigenvalue weighted by Gasteiger charge is 2.53. The monoisotopic (exact) mass is 461 g/mol. The number of hydrogen-bond acceptors (Lipinski definition) is 5. The molecule has 0 amide bonds. The van der Waals surface area contributed by atoms with Crippen molar-refractivity contribution in [2.45, 2.75) is 26.0 Å². The van der Waals surface area contributed by atoms with Crippen LogP contribution < -0.4 is 4.74 Å². The van der Waals surface area contributed by atoms with Gasteiger partial charge in [0.05, 0.1) is 0 Å². The second-order valence-corrected chi connectivity index (χ2v) is 7.89. The maximum absolute atomic E-state index is 16.0. The average Bonchev–Trinajstić information content (AvgIpc) is 3.14. The standard InChI is InChI=1S/C27H24FNO5/c1-19-15-22-16-23(13-14-24(22)29(19)2)34-27(28,25(30)32-17-20-9-5-3-6-10-20)26(31)33-18-21-11-7-4-8-12-21/h3-16H,17-18H2,1-2H3. The van der Waals surface area contributed by atoms with Gasteiger partial charge in [-0.15, -0.1) is 0 Å². The van der Waals surface area contributed by atoms with Crippen molar-refractivity contribution in [1.82, 2.24) is 4.57 Å². The summed E-state index contributed by atoms with van der Waals surface area (Å²) in [6.07, 6.45) is 0. The number of alkyl halides is 1. The zero-order valence-electron chi connectivity index (χ0n) is 18.9. The van der Waals surface area contributed by atoms with Gasteiger partial charge in [-0.3, -0.25) is 0 Å². The first-order chi connectivity index (χ1) is 16.4. The molecule has 0 aliphatic heterocycles. The minimum Gasteiger partial charge on any atom is -0.455 e. The normalized spacial score (nSPS) is 11.3. The number of carbonyl (C=O) groups is 2. The molecule has 0 fully saturated rings. The smallest absolute Gasteiger partial charge is 0.444 e. The van der Waals surface area contributed by atoms with Gasteiger partial charge in [-0.25, -0.2) is 9.59 Å². The number of aryl methyl sites for hydroxylation is 2. The number of carbonyl (C=O) groups excluding carboxylic acids is 2. The molecule has 0 radical (unpaired) electrons. The van der Waals surface area contributed by atoms with Gasteiger partial charge < -0.3 is 18.8 Å². The molecular weight excluding hydrogens is 437 g/mol. The number of hydrogen-bond donors (Lipinski definition) is 0. The first kappa shape index (κ1) is 23.0. The summed E-state index contributed by atoms with van der Waals surface area (Å²) >= 11 is 0. The van der Waals surface area contributed by atoms with Crippen molar-refractivity contribution < 1.29 is 28.2 Å². The maximum Gasteiger partial charge on any atom is 0.444 e. The van der Waals surface area contributed by atoms with Crippen molar-refractivity contribution in [3.63, 3.8) is 0 Å². The van der Waals surface area contributed by atoms with E-state index in [0.29, 0.717) is 11.1 Å². The minimum atomic E-state index is -3.49. The third-order valence-electron chi connectivity index (χ3n) is 5.46. The number of fused-ring (bicyclic) bond motifs is 1. The Bertz CT molecular complexity index is 1250. The van der Waals surface area contributed by atoms with Crippen LogP contribution >= 0.6 is 0 Å². The van der Waals surface area contributed by atoms with E-state index in [1.54, 1.807) is 72.8 Å². The van der Waals surface area contributed by atoms with Gasteiger partial charge in [0.2, 0.25) is 0 Å². The van der Waals surface area contributed by atoms with Crippen LogP contribution in [-0.4, -0.2) is 22.4 Å². The van der Waals surface area contributed by atoms with Gasteiger partial charge in [-0.1, -0.05) is 60.7 Å². The Hall–Kier alpha value is -4.13. The highest BCUT2D eigenvalue weighted by Crippen LogP contribution is 2.29. The molecule has 0 aliphatic carbocycles. The molecule has 0 aliphatic rings. The van der Waals surface area contributed by atoms with E-state index in [2.05, 4.69) is 0 Å². The summed E-state index contributed by atoms with van der Waals surface area (Å²) in [5, 5.41) is 0.773. The van der Waals surface area contributed by atoms with Crippen molar-refractivity contribution in [3.8, 4) is 5.75 Å². The molecule has 174 valence electrons. The van der Waals surface area contributed by atoms with E-state index in [9.17, 15) is 9.59 Å². The van der Waals surface area contributed by atoms with E-state index >= 15 is 4.39 Å². The van der Waals surface area contributed by atoms with Gasteiger partial charge >= 0.3 is 17.8 Å². The van der Waals surface area contributed by atoms with E-state index in [1.165, 1.54) is 6.07 Å². The fourth-order valence-corrected chi connectivity index (χ4v) is 3.49. The molecule has 3 aromatic carbocycles. The summed E-state index contributed by atoms with van der Waals surface area (Å²) in [6.45, 7) is 1.48. The van der Waals surface area contributed by atoms with Crippen molar-refractivity contribution in [1.29, 1.82) is 0 Å².